The maximum Gasteiger partial charge on any atom is 0.0195 e. The summed E-state index contributed by atoms with van der Waals surface area (Å²) in [5, 5.41) is 3.71. The number of rotatable bonds is 5. The molecule has 19 heavy (non-hydrogen) atoms. The van der Waals surface area contributed by atoms with E-state index in [1.807, 2.05) is 0 Å². The number of nitrogens with one attached hydrogen (secondary N) is 1. The van der Waals surface area contributed by atoms with Gasteiger partial charge in [0.15, 0.2) is 0 Å². The fourth-order valence-electron chi connectivity index (χ4n) is 3.92. The maximum absolute atomic E-state index is 3.71. The van der Waals surface area contributed by atoms with Gasteiger partial charge in [-0.15, -0.1) is 0 Å². The molecule has 1 heterocycles. The molecule has 2 rings (SSSR count). The number of piperidine rings is 1. The van der Waals surface area contributed by atoms with E-state index < -0.39 is 0 Å². The summed E-state index contributed by atoms with van der Waals surface area (Å²) in [5.41, 5.74) is 0. The predicted octanol–water partition coefficient (Wildman–Crippen LogP) is 3.67. The highest BCUT2D eigenvalue weighted by molar-refractivity contribution is 4.81. The van der Waals surface area contributed by atoms with E-state index in [4.69, 9.17) is 0 Å². The van der Waals surface area contributed by atoms with Gasteiger partial charge in [-0.1, -0.05) is 26.2 Å². The van der Waals surface area contributed by atoms with Crippen molar-refractivity contribution in [2.45, 2.75) is 77.8 Å². The number of hydrogen-bond donors (Lipinski definition) is 1. The van der Waals surface area contributed by atoms with Gasteiger partial charge in [0.05, 0.1) is 0 Å². The van der Waals surface area contributed by atoms with Crippen LogP contribution in [0.2, 0.25) is 0 Å². The molecule has 0 aromatic heterocycles. The molecule has 0 bridgehead atoms. The summed E-state index contributed by atoms with van der Waals surface area (Å²) in [5.74, 6) is 1.91. The van der Waals surface area contributed by atoms with Gasteiger partial charge in [0.25, 0.3) is 0 Å². The van der Waals surface area contributed by atoms with Crippen molar-refractivity contribution < 1.29 is 0 Å². The Labute approximate surface area is 120 Å². The molecule has 2 fully saturated rings. The Kier molecular flexibility index (Phi) is 6.15. The molecule has 3 unspecified atom stereocenters. The molecule has 0 aromatic carbocycles. The van der Waals surface area contributed by atoms with Crippen molar-refractivity contribution in [3.63, 3.8) is 0 Å². The minimum Gasteiger partial charge on any atom is -0.313 e. The van der Waals surface area contributed by atoms with Crippen LogP contribution in [0.3, 0.4) is 0 Å². The molecule has 0 spiro atoms. The second kappa shape index (κ2) is 7.64. The molecule has 2 heteroatoms. The zero-order valence-electron chi connectivity index (χ0n) is 13.3. The van der Waals surface area contributed by atoms with Gasteiger partial charge in [-0.2, -0.15) is 0 Å². The van der Waals surface area contributed by atoms with E-state index in [2.05, 4.69) is 31.0 Å². The van der Waals surface area contributed by atoms with E-state index in [1.54, 1.807) is 0 Å². The monoisotopic (exact) mass is 266 g/mol. The quantitative estimate of drug-likeness (QED) is 0.817. The smallest absolute Gasteiger partial charge is 0.0195 e. The molecule has 2 aliphatic rings. The van der Waals surface area contributed by atoms with Gasteiger partial charge >= 0.3 is 0 Å². The third kappa shape index (κ3) is 5.07. The van der Waals surface area contributed by atoms with Crippen molar-refractivity contribution in [1.29, 1.82) is 0 Å². The lowest BCUT2D eigenvalue weighted by atomic mass is 9.82. The molecular weight excluding hydrogens is 232 g/mol. The lowest BCUT2D eigenvalue weighted by Crippen LogP contribution is -2.47. The van der Waals surface area contributed by atoms with Crippen LogP contribution in [0.4, 0.5) is 0 Å². The second-order valence-electron chi connectivity index (χ2n) is 7.33. The third-order valence-electron chi connectivity index (χ3n) is 5.14. The number of hydrogen-bond acceptors (Lipinski definition) is 2. The van der Waals surface area contributed by atoms with Crippen LogP contribution in [0.15, 0.2) is 0 Å². The molecule has 2 nitrogen and oxygen atoms in total. The Morgan fingerprint density at radius 2 is 1.89 bits per heavy atom. The first-order valence-corrected chi connectivity index (χ1v) is 8.62. The first-order chi connectivity index (χ1) is 9.15. The van der Waals surface area contributed by atoms with Gasteiger partial charge in [-0.05, 0) is 57.9 Å². The average molecular weight is 266 g/mol. The van der Waals surface area contributed by atoms with Crippen LogP contribution in [-0.4, -0.2) is 36.6 Å². The van der Waals surface area contributed by atoms with Gasteiger partial charge < -0.3 is 5.32 Å². The molecule has 1 aliphatic carbocycles. The Morgan fingerprint density at radius 1 is 1.05 bits per heavy atom. The third-order valence-corrected chi connectivity index (χ3v) is 5.14. The summed E-state index contributed by atoms with van der Waals surface area (Å²) >= 11 is 0. The van der Waals surface area contributed by atoms with Gasteiger partial charge in [0.1, 0.15) is 0 Å². The molecule has 1 saturated carbocycles. The Balaban J connectivity index is 1.81. The van der Waals surface area contributed by atoms with Crippen molar-refractivity contribution in [3.05, 3.63) is 0 Å². The maximum atomic E-state index is 3.71. The zero-order valence-corrected chi connectivity index (χ0v) is 13.3. The van der Waals surface area contributed by atoms with E-state index in [0.717, 1.165) is 17.9 Å². The molecule has 1 aliphatic heterocycles. The average Bonchev–Trinajstić information content (AvgIpc) is 2.39. The topological polar surface area (TPSA) is 15.3 Å². The number of nitrogens with zero attached hydrogens (tertiary/aromatic N) is 1. The largest absolute Gasteiger partial charge is 0.313 e. The summed E-state index contributed by atoms with van der Waals surface area (Å²) in [4.78, 5) is 2.74. The second-order valence-corrected chi connectivity index (χ2v) is 7.33. The van der Waals surface area contributed by atoms with Crippen molar-refractivity contribution in [3.8, 4) is 0 Å². The molecular formula is C17H34N2. The lowest BCUT2D eigenvalue weighted by Gasteiger charge is -2.37. The van der Waals surface area contributed by atoms with Gasteiger partial charge in [0, 0.05) is 25.2 Å². The first-order valence-electron chi connectivity index (χ1n) is 8.62. The standard InChI is InChI=1S/C17H34N2/c1-14(2)19(13-17-9-4-5-10-18-17)12-16-8-6-7-15(3)11-16/h14-18H,4-13H2,1-3H3. The highest BCUT2D eigenvalue weighted by Gasteiger charge is 2.24. The van der Waals surface area contributed by atoms with Crippen LogP contribution in [-0.2, 0) is 0 Å². The normalized spacial score (nSPS) is 33.0. The molecule has 3 atom stereocenters. The van der Waals surface area contributed by atoms with Crippen molar-refractivity contribution in [2.75, 3.05) is 19.6 Å². The van der Waals surface area contributed by atoms with E-state index in [-0.39, 0.29) is 0 Å². The van der Waals surface area contributed by atoms with Crippen LogP contribution in [0, 0.1) is 11.8 Å². The minimum absolute atomic E-state index is 0.695. The van der Waals surface area contributed by atoms with Crippen LogP contribution < -0.4 is 5.32 Å². The molecule has 0 amide bonds. The van der Waals surface area contributed by atoms with E-state index in [9.17, 15) is 0 Å². The summed E-state index contributed by atoms with van der Waals surface area (Å²) in [6, 6.07) is 1.44. The molecule has 112 valence electrons. The minimum atomic E-state index is 0.695. The van der Waals surface area contributed by atoms with Crippen LogP contribution in [0.25, 0.3) is 0 Å². The Morgan fingerprint density at radius 3 is 2.53 bits per heavy atom. The summed E-state index contributed by atoms with van der Waals surface area (Å²) < 4.78 is 0. The lowest BCUT2D eigenvalue weighted by molar-refractivity contribution is 0.132. The van der Waals surface area contributed by atoms with E-state index >= 15 is 0 Å². The van der Waals surface area contributed by atoms with Crippen molar-refractivity contribution >= 4 is 0 Å². The summed E-state index contributed by atoms with van der Waals surface area (Å²) in [6.07, 6.45) is 10.0. The van der Waals surface area contributed by atoms with Gasteiger partial charge in [-0.3, -0.25) is 4.90 Å². The SMILES string of the molecule is CC1CCCC(CN(CC2CCCCN2)C(C)C)C1. The Bertz CT molecular complexity index is 246. The van der Waals surface area contributed by atoms with Gasteiger partial charge in [0.2, 0.25) is 0 Å². The Hall–Kier alpha value is -0.0800. The summed E-state index contributed by atoms with van der Waals surface area (Å²) in [6.45, 7) is 11.0. The van der Waals surface area contributed by atoms with Crippen LogP contribution >= 0.6 is 0 Å². The highest BCUT2D eigenvalue weighted by atomic mass is 15.2. The van der Waals surface area contributed by atoms with Crippen molar-refractivity contribution in [1.82, 2.24) is 10.2 Å². The highest BCUT2D eigenvalue weighted by Crippen LogP contribution is 2.29. The molecule has 0 radical (unpaired) electrons. The molecule has 0 aromatic rings. The molecule has 1 N–H and O–H groups in total. The van der Waals surface area contributed by atoms with Crippen molar-refractivity contribution in [2.24, 2.45) is 11.8 Å². The van der Waals surface area contributed by atoms with Crippen LogP contribution in [0.5, 0.6) is 0 Å². The van der Waals surface area contributed by atoms with Crippen LogP contribution in [0.1, 0.15) is 65.7 Å². The predicted molar refractivity (Wildman–Crippen MR) is 83.5 cm³/mol. The molecule has 1 saturated heterocycles. The fraction of sp³-hybridized carbons (Fsp3) is 1.00. The summed E-state index contributed by atoms with van der Waals surface area (Å²) in [7, 11) is 0. The fourth-order valence-corrected chi connectivity index (χ4v) is 3.92. The van der Waals surface area contributed by atoms with E-state index in [0.29, 0.717) is 6.04 Å². The van der Waals surface area contributed by atoms with E-state index in [1.165, 1.54) is 64.6 Å². The van der Waals surface area contributed by atoms with Gasteiger partial charge in [-0.25, -0.2) is 0 Å². The first kappa shape index (κ1) is 15.3. The zero-order chi connectivity index (χ0) is 13.7.